The van der Waals surface area contributed by atoms with Gasteiger partial charge >= 0.3 is 0 Å². The van der Waals surface area contributed by atoms with Crippen molar-refractivity contribution in [1.29, 1.82) is 0 Å². The molecule has 1 N–H and O–H groups in total. The summed E-state index contributed by atoms with van der Waals surface area (Å²) in [5.41, 5.74) is 4.84. The Bertz CT molecular complexity index is 857. The number of hydrogen-bond donors (Lipinski definition) is 1. The largest absolute Gasteiger partial charge is 0.467 e. The van der Waals surface area contributed by atoms with Crippen molar-refractivity contribution in [2.24, 2.45) is 0 Å². The molecule has 0 aliphatic heterocycles. The topological polar surface area (TPSA) is 59.7 Å². The normalized spacial score (nSPS) is 17.2. The number of ether oxygens (including phenoxy) is 1. The van der Waals surface area contributed by atoms with E-state index < -0.39 is 0 Å². The Balaban J connectivity index is 1.74. The predicted octanol–water partition coefficient (Wildman–Crippen LogP) is 2.99. The molecule has 5 heteroatoms. The van der Waals surface area contributed by atoms with E-state index in [-0.39, 0.29) is 12.7 Å². The van der Waals surface area contributed by atoms with E-state index in [9.17, 15) is 5.11 Å². The van der Waals surface area contributed by atoms with Crippen LogP contribution >= 0.6 is 0 Å². The maximum absolute atomic E-state index is 9.53. The SMILES string of the molecule is Cc1nc2c(OC3CCCc4ccccc43)nccn2c1CO. The van der Waals surface area contributed by atoms with Crippen LogP contribution in [0.2, 0.25) is 0 Å². The number of aliphatic hydroxyl groups is 1. The van der Waals surface area contributed by atoms with Gasteiger partial charge in [0.15, 0.2) is 0 Å². The summed E-state index contributed by atoms with van der Waals surface area (Å²) in [4.78, 5) is 8.90. The van der Waals surface area contributed by atoms with Crippen LogP contribution < -0.4 is 4.74 Å². The second kappa shape index (κ2) is 5.66. The van der Waals surface area contributed by atoms with Crippen LogP contribution in [0.4, 0.5) is 0 Å². The predicted molar refractivity (Wildman–Crippen MR) is 86.4 cm³/mol. The van der Waals surface area contributed by atoms with Gasteiger partial charge in [0, 0.05) is 12.4 Å². The lowest BCUT2D eigenvalue weighted by Crippen LogP contribution is -2.16. The van der Waals surface area contributed by atoms with E-state index in [1.165, 1.54) is 11.1 Å². The Labute approximate surface area is 134 Å². The van der Waals surface area contributed by atoms with Crippen molar-refractivity contribution in [2.45, 2.75) is 38.9 Å². The van der Waals surface area contributed by atoms with Crippen molar-refractivity contribution < 1.29 is 9.84 Å². The molecule has 1 atom stereocenters. The number of aromatic nitrogens is 3. The molecule has 1 aliphatic rings. The van der Waals surface area contributed by atoms with Gasteiger partial charge in [0.1, 0.15) is 6.10 Å². The molecular weight excluding hydrogens is 290 g/mol. The van der Waals surface area contributed by atoms with Gasteiger partial charge in [-0.3, -0.25) is 4.40 Å². The molecule has 2 heterocycles. The second-order valence-electron chi connectivity index (χ2n) is 5.93. The average molecular weight is 309 g/mol. The number of benzene rings is 1. The lowest BCUT2D eigenvalue weighted by Gasteiger charge is -2.25. The maximum atomic E-state index is 9.53. The van der Waals surface area contributed by atoms with Crippen molar-refractivity contribution in [1.82, 2.24) is 14.4 Å². The molecule has 0 bridgehead atoms. The van der Waals surface area contributed by atoms with Crippen LogP contribution in [0.3, 0.4) is 0 Å². The minimum atomic E-state index is -0.0529. The van der Waals surface area contributed by atoms with Crippen LogP contribution in [0.15, 0.2) is 36.7 Å². The first-order valence-corrected chi connectivity index (χ1v) is 7.96. The molecule has 0 spiro atoms. The fourth-order valence-electron chi connectivity index (χ4n) is 3.36. The molecule has 0 fully saturated rings. The number of fused-ring (bicyclic) bond motifs is 2. The average Bonchev–Trinajstić information content (AvgIpc) is 2.91. The third-order valence-corrected chi connectivity index (χ3v) is 4.53. The van der Waals surface area contributed by atoms with Crippen molar-refractivity contribution in [3.63, 3.8) is 0 Å². The number of rotatable bonds is 3. The third kappa shape index (κ3) is 2.37. The van der Waals surface area contributed by atoms with Gasteiger partial charge in [0.25, 0.3) is 5.88 Å². The first-order chi connectivity index (χ1) is 11.3. The quantitative estimate of drug-likeness (QED) is 0.808. The third-order valence-electron chi connectivity index (χ3n) is 4.53. The zero-order chi connectivity index (χ0) is 15.8. The Morgan fingerprint density at radius 1 is 1.35 bits per heavy atom. The zero-order valence-corrected chi connectivity index (χ0v) is 13.1. The number of nitrogens with zero attached hydrogens (tertiary/aromatic N) is 3. The minimum Gasteiger partial charge on any atom is -0.467 e. The molecule has 3 aromatic rings. The smallest absolute Gasteiger partial charge is 0.258 e. The van der Waals surface area contributed by atoms with Gasteiger partial charge in [-0.25, -0.2) is 9.97 Å². The van der Waals surface area contributed by atoms with E-state index in [0.717, 1.165) is 30.7 Å². The number of hydrogen-bond acceptors (Lipinski definition) is 4. The minimum absolute atomic E-state index is 0.00762. The molecule has 1 aliphatic carbocycles. The highest BCUT2D eigenvalue weighted by Gasteiger charge is 2.23. The first kappa shape index (κ1) is 14.2. The van der Waals surface area contributed by atoms with E-state index in [1.807, 2.05) is 17.5 Å². The Hall–Kier alpha value is -2.40. The summed E-state index contributed by atoms with van der Waals surface area (Å²) in [7, 11) is 0. The van der Waals surface area contributed by atoms with Crippen LogP contribution in [0.1, 0.15) is 41.5 Å². The molecule has 0 saturated carbocycles. The van der Waals surface area contributed by atoms with E-state index in [4.69, 9.17) is 4.74 Å². The van der Waals surface area contributed by atoms with Crippen molar-refractivity contribution in [3.8, 4) is 5.88 Å². The van der Waals surface area contributed by atoms with E-state index in [2.05, 4.69) is 34.2 Å². The van der Waals surface area contributed by atoms with E-state index in [0.29, 0.717) is 11.5 Å². The Morgan fingerprint density at radius 3 is 3.09 bits per heavy atom. The lowest BCUT2D eigenvalue weighted by molar-refractivity contribution is 0.177. The highest BCUT2D eigenvalue weighted by atomic mass is 16.5. The van der Waals surface area contributed by atoms with Gasteiger partial charge in [0.05, 0.1) is 18.0 Å². The fourth-order valence-corrected chi connectivity index (χ4v) is 3.36. The van der Waals surface area contributed by atoms with Crippen LogP contribution in [-0.4, -0.2) is 19.5 Å². The zero-order valence-electron chi connectivity index (χ0n) is 13.1. The summed E-state index contributed by atoms with van der Waals surface area (Å²) in [6, 6.07) is 8.43. The van der Waals surface area contributed by atoms with Crippen LogP contribution in [0.25, 0.3) is 5.65 Å². The van der Waals surface area contributed by atoms with Crippen LogP contribution in [-0.2, 0) is 13.0 Å². The van der Waals surface area contributed by atoms with Crippen LogP contribution in [0.5, 0.6) is 5.88 Å². The lowest BCUT2D eigenvalue weighted by atomic mass is 9.89. The van der Waals surface area contributed by atoms with Gasteiger partial charge in [-0.1, -0.05) is 24.3 Å². The highest BCUT2D eigenvalue weighted by molar-refractivity contribution is 5.52. The van der Waals surface area contributed by atoms with Crippen molar-refractivity contribution >= 4 is 5.65 Å². The molecule has 118 valence electrons. The summed E-state index contributed by atoms with van der Waals surface area (Å²) in [6.45, 7) is 1.83. The maximum Gasteiger partial charge on any atom is 0.258 e. The van der Waals surface area contributed by atoms with E-state index in [1.54, 1.807) is 6.20 Å². The molecule has 23 heavy (non-hydrogen) atoms. The summed E-state index contributed by atoms with van der Waals surface area (Å²) >= 11 is 0. The summed E-state index contributed by atoms with van der Waals surface area (Å²) < 4.78 is 8.09. The molecule has 0 amide bonds. The Kier molecular flexibility index (Phi) is 3.50. The van der Waals surface area contributed by atoms with Crippen LogP contribution in [0, 0.1) is 6.92 Å². The molecular formula is C18H19N3O2. The highest BCUT2D eigenvalue weighted by Crippen LogP contribution is 2.34. The van der Waals surface area contributed by atoms with Gasteiger partial charge < -0.3 is 9.84 Å². The van der Waals surface area contributed by atoms with Gasteiger partial charge in [-0.05, 0) is 37.3 Å². The summed E-state index contributed by atoms with van der Waals surface area (Å²) in [5.74, 6) is 0.525. The molecule has 0 saturated heterocycles. The first-order valence-electron chi connectivity index (χ1n) is 7.96. The van der Waals surface area contributed by atoms with Gasteiger partial charge in [0.2, 0.25) is 5.65 Å². The number of aryl methyl sites for hydroxylation is 2. The molecule has 5 nitrogen and oxygen atoms in total. The van der Waals surface area contributed by atoms with Gasteiger partial charge in [-0.2, -0.15) is 0 Å². The molecule has 1 unspecified atom stereocenters. The summed E-state index contributed by atoms with van der Waals surface area (Å²) in [6.07, 6.45) is 6.70. The van der Waals surface area contributed by atoms with Gasteiger partial charge in [-0.15, -0.1) is 0 Å². The molecule has 0 radical (unpaired) electrons. The van der Waals surface area contributed by atoms with Crippen molar-refractivity contribution in [2.75, 3.05) is 0 Å². The van der Waals surface area contributed by atoms with Crippen molar-refractivity contribution in [3.05, 3.63) is 59.2 Å². The number of aliphatic hydroxyl groups excluding tert-OH is 1. The number of imidazole rings is 1. The van der Waals surface area contributed by atoms with E-state index >= 15 is 0 Å². The molecule has 1 aromatic carbocycles. The standard InChI is InChI=1S/C18H19N3O2/c1-12-15(11-22)21-10-9-19-18(17(21)20-12)23-16-8-4-6-13-5-2-3-7-14(13)16/h2-3,5,7,9-10,16,22H,4,6,8,11H2,1H3. The fraction of sp³-hybridized carbons (Fsp3) is 0.333. The summed E-state index contributed by atoms with van der Waals surface area (Å²) in [5, 5.41) is 9.53. The Morgan fingerprint density at radius 2 is 2.22 bits per heavy atom. The molecule has 4 rings (SSSR count). The molecule has 2 aromatic heterocycles. The monoisotopic (exact) mass is 309 g/mol. The second-order valence-corrected chi connectivity index (χ2v) is 5.93.